The number of aromatic nitrogens is 1. The predicted octanol–water partition coefficient (Wildman–Crippen LogP) is 2.13. The molecule has 1 N–H and O–H groups in total. The smallest absolute Gasteiger partial charge is 0.305 e. The lowest BCUT2D eigenvalue weighted by molar-refractivity contribution is 0.0693. The standard InChI is InChI=1S/C20H21N3O5S2/c1-2-28-17-6-4-3-5-15(17)19(24)22-9-11-23(12-10-22)30(26,27)14-7-8-16-18(13-14)29-20(25)21-16/h3-8,13H,2,9-12H2,1H3,(H,21,25). The van der Waals surface area contributed by atoms with Gasteiger partial charge >= 0.3 is 4.87 Å². The summed E-state index contributed by atoms with van der Waals surface area (Å²) in [7, 11) is -3.71. The summed E-state index contributed by atoms with van der Waals surface area (Å²) >= 11 is 0.977. The van der Waals surface area contributed by atoms with Gasteiger partial charge < -0.3 is 14.6 Å². The summed E-state index contributed by atoms with van der Waals surface area (Å²) in [6.07, 6.45) is 0. The molecule has 1 fully saturated rings. The Kier molecular flexibility index (Phi) is 5.63. The Labute approximate surface area is 177 Å². The molecule has 1 aliphatic heterocycles. The van der Waals surface area contributed by atoms with Gasteiger partial charge in [-0.2, -0.15) is 4.31 Å². The molecule has 0 atom stereocenters. The van der Waals surface area contributed by atoms with Crippen LogP contribution < -0.4 is 9.61 Å². The van der Waals surface area contributed by atoms with Gasteiger partial charge in [0.1, 0.15) is 5.75 Å². The molecular weight excluding hydrogens is 426 g/mol. The number of para-hydroxylation sites is 1. The van der Waals surface area contributed by atoms with Crippen molar-refractivity contribution in [3.8, 4) is 5.75 Å². The molecule has 158 valence electrons. The van der Waals surface area contributed by atoms with Crippen LogP contribution in [0.2, 0.25) is 0 Å². The van der Waals surface area contributed by atoms with Crippen LogP contribution in [0.15, 0.2) is 52.2 Å². The predicted molar refractivity (Wildman–Crippen MR) is 115 cm³/mol. The third kappa shape index (κ3) is 3.85. The van der Waals surface area contributed by atoms with Gasteiger partial charge in [-0.15, -0.1) is 0 Å². The van der Waals surface area contributed by atoms with Crippen LogP contribution in [-0.4, -0.2) is 61.3 Å². The average molecular weight is 448 g/mol. The molecule has 0 radical (unpaired) electrons. The summed E-state index contributed by atoms with van der Waals surface area (Å²) in [5, 5.41) is 0. The van der Waals surface area contributed by atoms with E-state index in [9.17, 15) is 18.0 Å². The van der Waals surface area contributed by atoms with Gasteiger partial charge in [-0.05, 0) is 37.3 Å². The Morgan fingerprint density at radius 3 is 2.60 bits per heavy atom. The molecule has 1 aliphatic rings. The highest BCUT2D eigenvalue weighted by molar-refractivity contribution is 7.89. The normalized spacial score (nSPS) is 15.4. The van der Waals surface area contributed by atoms with E-state index >= 15 is 0 Å². The van der Waals surface area contributed by atoms with Crippen LogP contribution in [0.4, 0.5) is 0 Å². The number of nitrogens with one attached hydrogen (secondary N) is 1. The monoisotopic (exact) mass is 447 g/mol. The number of rotatable bonds is 5. The van der Waals surface area contributed by atoms with Gasteiger partial charge in [0.05, 0.1) is 27.3 Å². The van der Waals surface area contributed by atoms with Crippen molar-refractivity contribution in [2.24, 2.45) is 0 Å². The number of hydrogen-bond acceptors (Lipinski definition) is 6. The molecule has 0 spiro atoms. The number of ether oxygens (including phenoxy) is 1. The van der Waals surface area contributed by atoms with E-state index in [1.165, 1.54) is 16.4 Å². The van der Waals surface area contributed by atoms with Gasteiger partial charge in [0.2, 0.25) is 10.0 Å². The first-order valence-electron chi connectivity index (χ1n) is 9.54. The van der Waals surface area contributed by atoms with Crippen molar-refractivity contribution < 1.29 is 17.9 Å². The van der Waals surface area contributed by atoms with E-state index in [-0.39, 0.29) is 41.9 Å². The van der Waals surface area contributed by atoms with Crippen molar-refractivity contribution in [2.45, 2.75) is 11.8 Å². The van der Waals surface area contributed by atoms with Crippen LogP contribution in [0.1, 0.15) is 17.3 Å². The van der Waals surface area contributed by atoms with Crippen LogP contribution in [0.3, 0.4) is 0 Å². The minimum atomic E-state index is -3.71. The van der Waals surface area contributed by atoms with Gasteiger partial charge in [0, 0.05) is 26.2 Å². The summed E-state index contributed by atoms with van der Waals surface area (Å²) in [6.45, 7) is 3.29. The Hall–Kier alpha value is -2.69. The van der Waals surface area contributed by atoms with Crippen molar-refractivity contribution in [1.82, 2.24) is 14.2 Å². The molecule has 30 heavy (non-hydrogen) atoms. The highest BCUT2D eigenvalue weighted by Gasteiger charge is 2.31. The summed E-state index contributed by atoms with van der Waals surface area (Å²) in [5.74, 6) is 0.355. The first kappa shape index (κ1) is 20.6. The Bertz CT molecular complexity index is 1240. The maximum atomic E-state index is 13.0. The summed E-state index contributed by atoms with van der Waals surface area (Å²) in [4.78, 5) is 28.6. The second-order valence-corrected chi connectivity index (χ2v) is 9.75. The lowest BCUT2D eigenvalue weighted by Crippen LogP contribution is -2.50. The lowest BCUT2D eigenvalue weighted by atomic mass is 10.1. The van der Waals surface area contributed by atoms with E-state index in [1.807, 2.05) is 13.0 Å². The molecule has 1 amide bonds. The molecule has 0 aliphatic carbocycles. The Morgan fingerprint density at radius 2 is 1.87 bits per heavy atom. The number of fused-ring (bicyclic) bond motifs is 1. The molecule has 2 aromatic carbocycles. The zero-order valence-corrected chi connectivity index (χ0v) is 18.0. The number of benzene rings is 2. The highest BCUT2D eigenvalue weighted by Crippen LogP contribution is 2.25. The third-order valence-electron chi connectivity index (χ3n) is 4.97. The summed E-state index contributed by atoms with van der Waals surface area (Å²) in [6, 6.07) is 11.7. The van der Waals surface area contributed by atoms with Crippen molar-refractivity contribution in [3.05, 3.63) is 57.7 Å². The number of thiazole rings is 1. The van der Waals surface area contributed by atoms with Crippen LogP contribution in [0, 0.1) is 0 Å². The molecule has 0 saturated carbocycles. The van der Waals surface area contributed by atoms with E-state index in [2.05, 4.69) is 4.98 Å². The van der Waals surface area contributed by atoms with E-state index < -0.39 is 10.0 Å². The topological polar surface area (TPSA) is 99.8 Å². The second kappa shape index (κ2) is 8.21. The third-order valence-corrected chi connectivity index (χ3v) is 7.71. The fraction of sp³-hybridized carbons (Fsp3) is 0.300. The number of amides is 1. The SMILES string of the molecule is CCOc1ccccc1C(=O)N1CCN(S(=O)(=O)c2ccc3[nH]c(=O)sc3c2)CC1. The fourth-order valence-electron chi connectivity index (χ4n) is 3.46. The molecule has 1 aromatic heterocycles. The molecule has 1 saturated heterocycles. The zero-order chi connectivity index (χ0) is 21.3. The molecule has 4 rings (SSSR count). The Morgan fingerprint density at radius 1 is 1.13 bits per heavy atom. The quantitative estimate of drug-likeness (QED) is 0.646. The van der Waals surface area contributed by atoms with Crippen molar-refractivity contribution in [2.75, 3.05) is 32.8 Å². The fourth-order valence-corrected chi connectivity index (χ4v) is 5.76. The number of carbonyl (C=O) groups excluding carboxylic acids is 1. The number of hydrogen-bond donors (Lipinski definition) is 1. The van der Waals surface area contributed by atoms with Crippen LogP contribution in [-0.2, 0) is 10.0 Å². The van der Waals surface area contributed by atoms with Gasteiger partial charge in [0.15, 0.2) is 0 Å². The van der Waals surface area contributed by atoms with Gasteiger partial charge in [-0.3, -0.25) is 9.59 Å². The van der Waals surface area contributed by atoms with E-state index in [4.69, 9.17) is 4.74 Å². The highest BCUT2D eigenvalue weighted by atomic mass is 32.2. The number of nitrogens with zero attached hydrogens (tertiary/aromatic N) is 2. The molecule has 0 bridgehead atoms. The minimum absolute atomic E-state index is 0.145. The van der Waals surface area contributed by atoms with Crippen LogP contribution >= 0.6 is 11.3 Å². The minimum Gasteiger partial charge on any atom is -0.493 e. The maximum Gasteiger partial charge on any atom is 0.305 e. The number of H-pyrrole nitrogens is 1. The zero-order valence-electron chi connectivity index (χ0n) is 16.3. The molecule has 10 heteroatoms. The number of aromatic amines is 1. The first-order chi connectivity index (χ1) is 14.4. The lowest BCUT2D eigenvalue weighted by Gasteiger charge is -2.34. The molecule has 0 unspecified atom stereocenters. The average Bonchev–Trinajstić information content (AvgIpc) is 3.13. The van der Waals surface area contributed by atoms with E-state index in [1.54, 1.807) is 29.2 Å². The van der Waals surface area contributed by atoms with Gasteiger partial charge in [0.25, 0.3) is 5.91 Å². The van der Waals surface area contributed by atoms with Crippen molar-refractivity contribution in [1.29, 1.82) is 0 Å². The Balaban J connectivity index is 1.49. The van der Waals surface area contributed by atoms with Gasteiger partial charge in [-0.1, -0.05) is 23.5 Å². The van der Waals surface area contributed by atoms with Crippen molar-refractivity contribution in [3.63, 3.8) is 0 Å². The van der Waals surface area contributed by atoms with Crippen LogP contribution in [0.25, 0.3) is 10.2 Å². The molecule has 3 aromatic rings. The number of carbonyl (C=O) groups is 1. The number of sulfonamides is 1. The molecule has 2 heterocycles. The molecule has 8 nitrogen and oxygen atoms in total. The van der Waals surface area contributed by atoms with Gasteiger partial charge in [-0.25, -0.2) is 8.42 Å². The van der Waals surface area contributed by atoms with E-state index in [0.717, 1.165) is 11.3 Å². The second-order valence-electron chi connectivity index (χ2n) is 6.80. The van der Waals surface area contributed by atoms with Crippen LogP contribution in [0.5, 0.6) is 5.75 Å². The largest absolute Gasteiger partial charge is 0.493 e. The summed E-state index contributed by atoms with van der Waals surface area (Å²) < 4.78 is 33.6. The van der Waals surface area contributed by atoms with E-state index in [0.29, 0.717) is 28.1 Å². The number of piperazine rings is 1. The first-order valence-corrected chi connectivity index (χ1v) is 11.8. The molecular formula is C20H21N3O5S2. The maximum absolute atomic E-state index is 13.0. The summed E-state index contributed by atoms with van der Waals surface area (Å²) in [5.41, 5.74) is 1.09. The van der Waals surface area contributed by atoms with Crippen molar-refractivity contribution >= 4 is 37.5 Å².